The summed E-state index contributed by atoms with van der Waals surface area (Å²) in [6, 6.07) is 13.4. The second-order valence-corrected chi connectivity index (χ2v) is 6.51. The van der Waals surface area contributed by atoms with Gasteiger partial charge >= 0.3 is 0 Å². The number of nitrogens with zero attached hydrogens (tertiary/aromatic N) is 1. The molecule has 1 N–H and O–H groups in total. The predicted octanol–water partition coefficient (Wildman–Crippen LogP) is 3.15. The molecule has 3 rings (SSSR count). The van der Waals surface area contributed by atoms with Crippen LogP contribution in [0.25, 0.3) is 0 Å². The van der Waals surface area contributed by atoms with Gasteiger partial charge in [-0.1, -0.05) is 23.8 Å². The Labute approximate surface area is 142 Å². The normalized spacial score (nSPS) is 17.2. The van der Waals surface area contributed by atoms with Gasteiger partial charge in [-0.2, -0.15) is 0 Å². The van der Waals surface area contributed by atoms with Crippen LogP contribution in [0.15, 0.2) is 42.5 Å². The molecule has 4 nitrogen and oxygen atoms in total. The van der Waals surface area contributed by atoms with E-state index in [9.17, 15) is 9.59 Å². The molecule has 1 aliphatic rings. The lowest BCUT2D eigenvalue weighted by atomic mass is 10.1. The van der Waals surface area contributed by atoms with Gasteiger partial charge in [0.1, 0.15) is 0 Å². The maximum Gasteiger partial charge on any atom is 0.251 e. The largest absolute Gasteiger partial charge is 0.347 e. The molecule has 1 unspecified atom stereocenters. The first-order chi connectivity index (χ1) is 11.4. The van der Waals surface area contributed by atoms with Crippen molar-refractivity contribution in [2.24, 2.45) is 0 Å². The number of anilines is 1. The average molecular weight is 322 g/mol. The average Bonchev–Trinajstić information content (AvgIpc) is 2.91. The lowest BCUT2D eigenvalue weighted by molar-refractivity contribution is -0.117. The summed E-state index contributed by atoms with van der Waals surface area (Å²) in [5, 5.41) is 2.98. The van der Waals surface area contributed by atoms with Gasteiger partial charge < -0.3 is 10.2 Å². The maximum absolute atomic E-state index is 12.4. The highest BCUT2D eigenvalue weighted by atomic mass is 16.2. The van der Waals surface area contributed by atoms with E-state index in [1.807, 2.05) is 63.2 Å². The van der Waals surface area contributed by atoms with E-state index >= 15 is 0 Å². The molecule has 2 aromatic carbocycles. The molecule has 0 saturated carbocycles. The van der Waals surface area contributed by atoms with Gasteiger partial charge in [0.05, 0.1) is 6.04 Å². The third-order valence-corrected chi connectivity index (χ3v) is 4.57. The second-order valence-electron chi connectivity index (χ2n) is 6.51. The first-order valence-corrected chi connectivity index (χ1v) is 8.19. The van der Waals surface area contributed by atoms with Crippen LogP contribution in [0.5, 0.6) is 0 Å². The molecule has 2 aromatic rings. The molecular formula is C20H22N2O2. The standard InChI is InChI=1S/C20H22N2O2/c1-13-4-8-18(9-5-13)22-12-17(11-19(22)23)21-20(24)16-7-6-14(2)15(3)10-16/h4-10,17H,11-12H2,1-3H3,(H,21,24). The zero-order valence-corrected chi connectivity index (χ0v) is 14.3. The van der Waals surface area contributed by atoms with Crippen molar-refractivity contribution in [3.05, 3.63) is 64.7 Å². The molecule has 1 aliphatic heterocycles. The van der Waals surface area contributed by atoms with Crippen LogP contribution in [0.3, 0.4) is 0 Å². The van der Waals surface area contributed by atoms with E-state index in [4.69, 9.17) is 0 Å². The molecule has 4 heteroatoms. The van der Waals surface area contributed by atoms with Crippen molar-refractivity contribution >= 4 is 17.5 Å². The van der Waals surface area contributed by atoms with Crippen LogP contribution in [0, 0.1) is 20.8 Å². The van der Waals surface area contributed by atoms with Crippen LogP contribution >= 0.6 is 0 Å². The molecule has 0 radical (unpaired) electrons. The number of hydrogen-bond acceptors (Lipinski definition) is 2. The smallest absolute Gasteiger partial charge is 0.251 e. The minimum Gasteiger partial charge on any atom is -0.347 e. The molecule has 0 aliphatic carbocycles. The van der Waals surface area contributed by atoms with Crippen LogP contribution in [0.2, 0.25) is 0 Å². The highest BCUT2D eigenvalue weighted by Gasteiger charge is 2.31. The minimum absolute atomic E-state index is 0.0456. The van der Waals surface area contributed by atoms with Gasteiger partial charge in [0, 0.05) is 24.2 Å². The van der Waals surface area contributed by atoms with Gasteiger partial charge in [-0.05, 0) is 56.2 Å². The summed E-state index contributed by atoms with van der Waals surface area (Å²) in [4.78, 5) is 26.4. The lowest BCUT2D eigenvalue weighted by Gasteiger charge is -2.17. The molecule has 24 heavy (non-hydrogen) atoms. The fourth-order valence-corrected chi connectivity index (χ4v) is 2.93. The zero-order chi connectivity index (χ0) is 17.3. The van der Waals surface area contributed by atoms with Crippen LogP contribution in [-0.4, -0.2) is 24.4 Å². The van der Waals surface area contributed by atoms with Gasteiger partial charge in [-0.25, -0.2) is 0 Å². The summed E-state index contributed by atoms with van der Waals surface area (Å²) >= 11 is 0. The lowest BCUT2D eigenvalue weighted by Crippen LogP contribution is -2.37. The highest BCUT2D eigenvalue weighted by molar-refractivity contribution is 5.99. The quantitative estimate of drug-likeness (QED) is 0.944. The Hall–Kier alpha value is -2.62. The molecule has 1 heterocycles. The molecule has 1 saturated heterocycles. The first kappa shape index (κ1) is 16.2. The van der Waals surface area contributed by atoms with Crippen molar-refractivity contribution in [2.75, 3.05) is 11.4 Å². The van der Waals surface area contributed by atoms with Crippen LogP contribution < -0.4 is 10.2 Å². The number of aryl methyl sites for hydroxylation is 3. The van der Waals surface area contributed by atoms with Crippen molar-refractivity contribution in [3.8, 4) is 0 Å². The molecule has 0 aromatic heterocycles. The molecule has 2 amide bonds. The van der Waals surface area contributed by atoms with Crippen molar-refractivity contribution < 1.29 is 9.59 Å². The monoisotopic (exact) mass is 322 g/mol. The van der Waals surface area contributed by atoms with Crippen molar-refractivity contribution in [1.29, 1.82) is 0 Å². The van der Waals surface area contributed by atoms with Crippen LogP contribution in [0.1, 0.15) is 33.5 Å². The van der Waals surface area contributed by atoms with Gasteiger partial charge in [0.2, 0.25) is 5.91 Å². The summed E-state index contributed by atoms with van der Waals surface area (Å²) in [5.41, 5.74) is 4.93. The van der Waals surface area contributed by atoms with E-state index in [-0.39, 0.29) is 17.9 Å². The van der Waals surface area contributed by atoms with Crippen molar-refractivity contribution in [1.82, 2.24) is 5.32 Å². The summed E-state index contributed by atoms with van der Waals surface area (Å²) in [6.45, 7) is 6.54. The van der Waals surface area contributed by atoms with Gasteiger partial charge in [-0.15, -0.1) is 0 Å². The van der Waals surface area contributed by atoms with Crippen molar-refractivity contribution in [3.63, 3.8) is 0 Å². The van der Waals surface area contributed by atoms with E-state index < -0.39 is 0 Å². The molecule has 0 bridgehead atoms. The van der Waals surface area contributed by atoms with Gasteiger partial charge in [-0.3, -0.25) is 9.59 Å². The number of carbonyl (C=O) groups excluding carboxylic acids is 2. The van der Waals surface area contributed by atoms with Crippen LogP contribution in [0.4, 0.5) is 5.69 Å². The predicted molar refractivity (Wildman–Crippen MR) is 95.3 cm³/mol. The second kappa shape index (κ2) is 6.48. The maximum atomic E-state index is 12.4. The topological polar surface area (TPSA) is 49.4 Å². The van der Waals surface area contributed by atoms with Gasteiger partial charge in [0.25, 0.3) is 5.91 Å². The summed E-state index contributed by atoms with van der Waals surface area (Å²) in [6.07, 6.45) is 0.338. The van der Waals surface area contributed by atoms with Crippen LogP contribution in [-0.2, 0) is 4.79 Å². The van der Waals surface area contributed by atoms with Gasteiger partial charge in [0.15, 0.2) is 0 Å². The molecule has 1 fully saturated rings. The number of carbonyl (C=O) groups is 2. The Balaban J connectivity index is 1.68. The third-order valence-electron chi connectivity index (χ3n) is 4.57. The first-order valence-electron chi connectivity index (χ1n) is 8.19. The number of hydrogen-bond donors (Lipinski definition) is 1. The Morgan fingerprint density at radius 2 is 1.75 bits per heavy atom. The SMILES string of the molecule is Cc1ccc(N2CC(NC(=O)c3ccc(C)c(C)c3)CC2=O)cc1. The summed E-state index contributed by atoms with van der Waals surface area (Å²) < 4.78 is 0. The number of amides is 2. The number of nitrogens with one attached hydrogen (secondary N) is 1. The Kier molecular flexibility index (Phi) is 4.38. The van der Waals surface area contributed by atoms with E-state index in [0.29, 0.717) is 18.5 Å². The van der Waals surface area contributed by atoms with E-state index in [0.717, 1.165) is 22.4 Å². The molecule has 124 valence electrons. The molecule has 1 atom stereocenters. The van der Waals surface area contributed by atoms with Crippen molar-refractivity contribution in [2.45, 2.75) is 33.2 Å². The third kappa shape index (κ3) is 3.32. The summed E-state index contributed by atoms with van der Waals surface area (Å²) in [7, 11) is 0. The fourth-order valence-electron chi connectivity index (χ4n) is 2.93. The molecule has 0 spiro atoms. The van der Waals surface area contributed by atoms with E-state index in [1.165, 1.54) is 0 Å². The minimum atomic E-state index is -0.159. The fraction of sp³-hybridized carbons (Fsp3) is 0.300. The zero-order valence-electron chi connectivity index (χ0n) is 14.3. The summed E-state index contributed by atoms with van der Waals surface area (Å²) in [5.74, 6) is -0.0779. The Morgan fingerprint density at radius 3 is 2.42 bits per heavy atom. The highest BCUT2D eigenvalue weighted by Crippen LogP contribution is 2.22. The Morgan fingerprint density at radius 1 is 1.04 bits per heavy atom. The molecular weight excluding hydrogens is 300 g/mol. The van der Waals surface area contributed by atoms with E-state index in [1.54, 1.807) is 4.90 Å². The number of benzene rings is 2. The van der Waals surface area contributed by atoms with E-state index in [2.05, 4.69) is 5.32 Å². The number of rotatable bonds is 3. The Bertz CT molecular complexity index is 781.